The van der Waals surface area contributed by atoms with Crippen LogP contribution in [0.3, 0.4) is 0 Å². The third-order valence-corrected chi connectivity index (χ3v) is 4.40. The van der Waals surface area contributed by atoms with Crippen molar-refractivity contribution in [3.63, 3.8) is 0 Å². The summed E-state index contributed by atoms with van der Waals surface area (Å²) in [6.07, 6.45) is 4.90. The number of rotatable bonds is 7. The zero-order valence-electron chi connectivity index (χ0n) is 13.7. The molecular weight excluding hydrogens is 230 g/mol. The summed E-state index contributed by atoms with van der Waals surface area (Å²) in [6.45, 7) is 9.21. The standard InChI is InChI=1S/C18H31N/c1-7-14(8-2)16-12-11-13-17(15(9-3)10-4)18(16)19(5)6/h11-15H,7-10H2,1-6H3. The smallest absolute Gasteiger partial charge is 0.0431 e. The number of hydrogen-bond donors (Lipinski definition) is 0. The van der Waals surface area contributed by atoms with Gasteiger partial charge in [0.2, 0.25) is 0 Å². The van der Waals surface area contributed by atoms with E-state index in [2.05, 4.69) is 64.9 Å². The molecule has 0 unspecified atom stereocenters. The molecule has 0 aliphatic carbocycles. The fraction of sp³-hybridized carbons (Fsp3) is 0.667. The van der Waals surface area contributed by atoms with E-state index in [4.69, 9.17) is 0 Å². The van der Waals surface area contributed by atoms with E-state index in [1.807, 2.05) is 0 Å². The molecule has 1 rings (SSSR count). The summed E-state index contributed by atoms with van der Waals surface area (Å²) in [5, 5.41) is 0. The van der Waals surface area contributed by atoms with Crippen molar-refractivity contribution in [2.75, 3.05) is 19.0 Å². The fourth-order valence-electron chi connectivity index (χ4n) is 3.21. The van der Waals surface area contributed by atoms with Crippen LogP contribution in [0.5, 0.6) is 0 Å². The molecule has 0 saturated carbocycles. The minimum atomic E-state index is 0.687. The molecule has 0 saturated heterocycles. The lowest BCUT2D eigenvalue weighted by Crippen LogP contribution is -2.17. The molecule has 108 valence electrons. The van der Waals surface area contributed by atoms with E-state index in [9.17, 15) is 0 Å². The Morgan fingerprint density at radius 2 is 1.16 bits per heavy atom. The summed E-state index contributed by atoms with van der Waals surface area (Å²) in [5.41, 5.74) is 4.56. The van der Waals surface area contributed by atoms with E-state index >= 15 is 0 Å². The molecule has 1 nitrogen and oxygen atoms in total. The van der Waals surface area contributed by atoms with Gasteiger partial charge >= 0.3 is 0 Å². The lowest BCUT2D eigenvalue weighted by molar-refractivity contribution is 0.623. The molecule has 1 heteroatoms. The van der Waals surface area contributed by atoms with Crippen LogP contribution in [-0.2, 0) is 0 Å². The summed E-state index contributed by atoms with van der Waals surface area (Å²) >= 11 is 0. The van der Waals surface area contributed by atoms with Gasteiger partial charge in [-0.05, 0) is 48.6 Å². The van der Waals surface area contributed by atoms with Crippen LogP contribution < -0.4 is 4.90 Å². The van der Waals surface area contributed by atoms with Crippen molar-refractivity contribution in [2.24, 2.45) is 0 Å². The number of anilines is 1. The molecule has 19 heavy (non-hydrogen) atoms. The van der Waals surface area contributed by atoms with E-state index in [-0.39, 0.29) is 0 Å². The second-order valence-corrected chi connectivity index (χ2v) is 5.71. The highest BCUT2D eigenvalue weighted by Crippen LogP contribution is 2.38. The van der Waals surface area contributed by atoms with Crippen LogP contribution in [0.1, 0.15) is 76.3 Å². The molecule has 0 radical (unpaired) electrons. The van der Waals surface area contributed by atoms with Crippen LogP contribution in [0.15, 0.2) is 18.2 Å². The zero-order chi connectivity index (χ0) is 14.4. The van der Waals surface area contributed by atoms with E-state index in [0.29, 0.717) is 11.8 Å². The lowest BCUT2D eigenvalue weighted by atomic mass is 9.85. The van der Waals surface area contributed by atoms with Gasteiger partial charge in [-0.15, -0.1) is 0 Å². The molecule has 0 N–H and O–H groups in total. The Morgan fingerprint density at radius 3 is 1.42 bits per heavy atom. The molecular formula is C18H31N. The van der Waals surface area contributed by atoms with Gasteiger partial charge in [0.25, 0.3) is 0 Å². The highest BCUT2D eigenvalue weighted by atomic mass is 15.1. The molecule has 1 aromatic rings. The zero-order valence-corrected chi connectivity index (χ0v) is 13.7. The van der Waals surface area contributed by atoms with Gasteiger partial charge < -0.3 is 4.90 Å². The molecule has 0 aliphatic rings. The molecule has 0 amide bonds. The third kappa shape index (κ3) is 3.52. The molecule has 0 aromatic heterocycles. The van der Waals surface area contributed by atoms with E-state index in [1.165, 1.54) is 31.4 Å². The Labute approximate surface area is 120 Å². The lowest BCUT2D eigenvalue weighted by Gasteiger charge is -2.28. The topological polar surface area (TPSA) is 3.24 Å². The van der Waals surface area contributed by atoms with Gasteiger partial charge in [0.15, 0.2) is 0 Å². The predicted molar refractivity (Wildman–Crippen MR) is 87.4 cm³/mol. The van der Waals surface area contributed by atoms with E-state index in [1.54, 1.807) is 11.1 Å². The average molecular weight is 261 g/mol. The SMILES string of the molecule is CCC(CC)c1cccc(C(CC)CC)c1N(C)C. The Balaban J connectivity index is 3.36. The largest absolute Gasteiger partial charge is 0.377 e. The van der Waals surface area contributed by atoms with Crippen LogP contribution >= 0.6 is 0 Å². The molecule has 0 spiro atoms. The van der Waals surface area contributed by atoms with Gasteiger partial charge in [-0.3, -0.25) is 0 Å². The van der Waals surface area contributed by atoms with Crippen LogP contribution in [-0.4, -0.2) is 14.1 Å². The number of para-hydroxylation sites is 1. The first-order valence-electron chi connectivity index (χ1n) is 7.90. The van der Waals surface area contributed by atoms with Crippen LogP contribution in [0, 0.1) is 0 Å². The van der Waals surface area contributed by atoms with Crippen LogP contribution in [0.4, 0.5) is 5.69 Å². The molecule has 0 aliphatic heterocycles. The van der Waals surface area contributed by atoms with E-state index in [0.717, 1.165) is 0 Å². The summed E-state index contributed by atoms with van der Waals surface area (Å²) in [5.74, 6) is 1.37. The van der Waals surface area contributed by atoms with Crippen LogP contribution in [0.25, 0.3) is 0 Å². The van der Waals surface area contributed by atoms with Crippen molar-refractivity contribution in [3.05, 3.63) is 29.3 Å². The summed E-state index contributed by atoms with van der Waals surface area (Å²) in [7, 11) is 4.38. The minimum Gasteiger partial charge on any atom is -0.377 e. The summed E-state index contributed by atoms with van der Waals surface area (Å²) in [6, 6.07) is 6.92. The van der Waals surface area contributed by atoms with Gasteiger partial charge in [0.05, 0.1) is 0 Å². The first kappa shape index (κ1) is 16.1. The normalized spacial score (nSPS) is 11.4. The average Bonchev–Trinajstić information content (AvgIpc) is 2.41. The van der Waals surface area contributed by atoms with Crippen LogP contribution in [0.2, 0.25) is 0 Å². The minimum absolute atomic E-state index is 0.687. The number of nitrogens with zero attached hydrogens (tertiary/aromatic N) is 1. The highest BCUT2D eigenvalue weighted by molar-refractivity contribution is 5.61. The Kier molecular flexibility index (Phi) is 6.41. The quantitative estimate of drug-likeness (QED) is 0.621. The second kappa shape index (κ2) is 7.57. The maximum Gasteiger partial charge on any atom is 0.0431 e. The Bertz CT molecular complexity index is 343. The van der Waals surface area contributed by atoms with Gasteiger partial charge in [0.1, 0.15) is 0 Å². The highest BCUT2D eigenvalue weighted by Gasteiger charge is 2.19. The van der Waals surface area contributed by atoms with Crippen molar-refractivity contribution in [2.45, 2.75) is 65.2 Å². The van der Waals surface area contributed by atoms with Crippen molar-refractivity contribution >= 4 is 5.69 Å². The van der Waals surface area contributed by atoms with Gasteiger partial charge in [-0.1, -0.05) is 45.9 Å². The van der Waals surface area contributed by atoms with Gasteiger partial charge in [0, 0.05) is 19.8 Å². The van der Waals surface area contributed by atoms with Gasteiger partial charge in [-0.25, -0.2) is 0 Å². The van der Waals surface area contributed by atoms with Crippen molar-refractivity contribution in [1.29, 1.82) is 0 Å². The molecule has 0 fully saturated rings. The molecule has 0 heterocycles. The first-order chi connectivity index (χ1) is 9.10. The monoisotopic (exact) mass is 261 g/mol. The van der Waals surface area contributed by atoms with Crippen molar-refractivity contribution in [3.8, 4) is 0 Å². The van der Waals surface area contributed by atoms with Gasteiger partial charge in [-0.2, -0.15) is 0 Å². The third-order valence-electron chi connectivity index (χ3n) is 4.40. The maximum atomic E-state index is 2.33. The Morgan fingerprint density at radius 1 is 0.789 bits per heavy atom. The fourth-order valence-corrected chi connectivity index (χ4v) is 3.21. The predicted octanol–water partition coefficient (Wildman–Crippen LogP) is 5.56. The molecule has 0 atom stereocenters. The molecule has 1 aromatic carbocycles. The number of benzene rings is 1. The second-order valence-electron chi connectivity index (χ2n) is 5.71. The van der Waals surface area contributed by atoms with E-state index < -0.39 is 0 Å². The Hall–Kier alpha value is -0.980. The summed E-state index contributed by atoms with van der Waals surface area (Å²) < 4.78 is 0. The van der Waals surface area contributed by atoms with Crippen molar-refractivity contribution in [1.82, 2.24) is 0 Å². The summed E-state index contributed by atoms with van der Waals surface area (Å²) in [4.78, 5) is 2.32. The maximum absolute atomic E-state index is 2.33. The number of hydrogen-bond acceptors (Lipinski definition) is 1. The molecule has 0 bridgehead atoms. The van der Waals surface area contributed by atoms with Crippen molar-refractivity contribution < 1.29 is 0 Å². The first-order valence-corrected chi connectivity index (χ1v) is 7.90.